The molecule has 5 nitrogen and oxygen atoms in total. The molecule has 120 valence electrons. The zero-order chi connectivity index (χ0) is 15.1. The van der Waals surface area contributed by atoms with Crippen LogP contribution in [0, 0.1) is 24.7 Å². The van der Waals surface area contributed by atoms with Crippen LogP contribution in [0.25, 0.3) is 0 Å². The second-order valence-electron chi connectivity index (χ2n) is 6.32. The molecule has 1 aromatic rings. The lowest BCUT2D eigenvalue weighted by molar-refractivity contribution is -0.121. The first kappa shape index (κ1) is 16.8. The van der Waals surface area contributed by atoms with E-state index in [1.165, 1.54) is 0 Å². The minimum Gasteiger partial charge on any atom is -0.366 e. The first-order valence-electron chi connectivity index (χ1n) is 7.44. The normalized spacial score (nSPS) is 29.0. The van der Waals surface area contributed by atoms with Gasteiger partial charge in [-0.15, -0.1) is 12.4 Å². The van der Waals surface area contributed by atoms with Crippen LogP contribution in [0.3, 0.4) is 0 Å². The number of anilines is 1. The van der Waals surface area contributed by atoms with Crippen molar-refractivity contribution in [3.05, 3.63) is 29.3 Å². The lowest BCUT2D eigenvalue weighted by atomic mass is 9.84. The fourth-order valence-electron chi connectivity index (χ4n) is 3.92. The van der Waals surface area contributed by atoms with Gasteiger partial charge >= 0.3 is 0 Å². The van der Waals surface area contributed by atoms with Gasteiger partial charge in [-0.3, -0.25) is 9.59 Å². The Morgan fingerprint density at radius 3 is 2.50 bits per heavy atom. The predicted octanol–water partition coefficient (Wildman–Crippen LogP) is 1.83. The van der Waals surface area contributed by atoms with Gasteiger partial charge in [0.1, 0.15) is 0 Å². The maximum absolute atomic E-state index is 12.5. The molecule has 5 N–H and O–H groups in total. The number of hydrogen-bond donors (Lipinski definition) is 3. The Morgan fingerprint density at radius 2 is 1.91 bits per heavy atom. The van der Waals surface area contributed by atoms with Crippen molar-refractivity contribution < 1.29 is 9.59 Å². The molecule has 3 rings (SSSR count). The number of amides is 2. The van der Waals surface area contributed by atoms with Gasteiger partial charge < -0.3 is 16.8 Å². The number of benzene rings is 1. The van der Waals surface area contributed by atoms with Crippen LogP contribution in [0.4, 0.5) is 5.69 Å². The molecule has 2 amide bonds. The van der Waals surface area contributed by atoms with Crippen molar-refractivity contribution in [1.82, 2.24) is 0 Å². The molecule has 2 aliphatic rings. The number of fused-ring (bicyclic) bond motifs is 2. The van der Waals surface area contributed by atoms with Crippen LogP contribution in [0.15, 0.2) is 18.2 Å². The lowest BCUT2D eigenvalue weighted by Crippen LogP contribution is -2.42. The topological polar surface area (TPSA) is 98.2 Å². The van der Waals surface area contributed by atoms with E-state index >= 15 is 0 Å². The largest absolute Gasteiger partial charge is 0.366 e. The molecule has 0 radical (unpaired) electrons. The van der Waals surface area contributed by atoms with Crippen molar-refractivity contribution in [2.75, 3.05) is 5.32 Å². The smallest absolute Gasteiger partial charge is 0.249 e. The molecule has 2 fully saturated rings. The number of carbonyl (C=O) groups is 2. The molecule has 2 saturated carbocycles. The van der Waals surface area contributed by atoms with E-state index < -0.39 is 5.91 Å². The SMILES string of the molecule is Cc1ccc(NC(=O)C2C3CCC(C3)C2N)cc1C(N)=O.Cl. The lowest BCUT2D eigenvalue weighted by Gasteiger charge is -2.27. The molecule has 0 aliphatic heterocycles. The number of nitrogens with one attached hydrogen (secondary N) is 1. The fraction of sp³-hybridized carbons (Fsp3) is 0.500. The zero-order valence-corrected chi connectivity index (χ0v) is 13.4. The summed E-state index contributed by atoms with van der Waals surface area (Å²) in [7, 11) is 0. The number of hydrogen-bond acceptors (Lipinski definition) is 3. The molecular weight excluding hydrogens is 302 g/mol. The van der Waals surface area contributed by atoms with E-state index in [4.69, 9.17) is 11.5 Å². The van der Waals surface area contributed by atoms with Gasteiger partial charge in [0.2, 0.25) is 11.8 Å². The summed E-state index contributed by atoms with van der Waals surface area (Å²) in [5, 5.41) is 2.89. The number of primary amides is 1. The third-order valence-corrected chi connectivity index (χ3v) is 5.05. The monoisotopic (exact) mass is 323 g/mol. The number of nitrogens with two attached hydrogens (primary N) is 2. The fourth-order valence-corrected chi connectivity index (χ4v) is 3.92. The van der Waals surface area contributed by atoms with Crippen LogP contribution >= 0.6 is 12.4 Å². The molecule has 22 heavy (non-hydrogen) atoms. The van der Waals surface area contributed by atoms with E-state index in [9.17, 15) is 9.59 Å². The highest BCUT2D eigenvalue weighted by atomic mass is 35.5. The number of carbonyl (C=O) groups excluding carboxylic acids is 2. The van der Waals surface area contributed by atoms with Crippen LogP contribution in [-0.2, 0) is 4.79 Å². The Labute approximate surface area is 136 Å². The molecule has 0 spiro atoms. The highest BCUT2D eigenvalue weighted by Crippen LogP contribution is 2.47. The van der Waals surface area contributed by atoms with Crippen LogP contribution in [0.1, 0.15) is 35.2 Å². The highest BCUT2D eigenvalue weighted by Gasteiger charge is 2.49. The van der Waals surface area contributed by atoms with E-state index in [2.05, 4.69) is 5.32 Å². The molecule has 0 aromatic heterocycles. The third kappa shape index (κ3) is 2.83. The van der Waals surface area contributed by atoms with Gasteiger partial charge in [-0.25, -0.2) is 0 Å². The van der Waals surface area contributed by atoms with Gasteiger partial charge in [-0.2, -0.15) is 0 Å². The molecule has 1 aromatic carbocycles. The summed E-state index contributed by atoms with van der Waals surface area (Å²) < 4.78 is 0. The Morgan fingerprint density at radius 1 is 1.23 bits per heavy atom. The van der Waals surface area contributed by atoms with Crippen LogP contribution in [0.5, 0.6) is 0 Å². The van der Waals surface area contributed by atoms with Crippen LogP contribution < -0.4 is 16.8 Å². The first-order valence-corrected chi connectivity index (χ1v) is 7.44. The molecular formula is C16H22ClN3O2. The van der Waals surface area contributed by atoms with Gasteiger partial charge in [0.25, 0.3) is 0 Å². The van der Waals surface area contributed by atoms with Crippen molar-refractivity contribution >= 4 is 29.9 Å². The number of halogens is 1. The zero-order valence-electron chi connectivity index (χ0n) is 12.5. The maximum atomic E-state index is 12.5. The van der Waals surface area contributed by atoms with Gasteiger partial charge in [0.15, 0.2) is 0 Å². The van der Waals surface area contributed by atoms with Crippen LogP contribution in [0.2, 0.25) is 0 Å². The Kier molecular flexibility index (Phi) is 4.78. The molecule has 2 bridgehead atoms. The predicted molar refractivity (Wildman–Crippen MR) is 87.9 cm³/mol. The molecule has 0 heterocycles. The van der Waals surface area contributed by atoms with E-state index in [0.717, 1.165) is 24.8 Å². The molecule has 4 atom stereocenters. The summed E-state index contributed by atoms with van der Waals surface area (Å²) in [5.41, 5.74) is 13.4. The molecule has 0 saturated heterocycles. The summed E-state index contributed by atoms with van der Waals surface area (Å²) in [4.78, 5) is 23.8. The quantitative estimate of drug-likeness (QED) is 0.791. The summed E-state index contributed by atoms with van der Waals surface area (Å²) >= 11 is 0. The van der Waals surface area contributed by atoms with Gasteiger partial charge in [-0.1, -0.05) is 6.07 Å². The minimum atomic E-state index is -0.486. The Balaban J connectivity index is 0.00000176. The minimum absolute atomic E-state index is 0. The summed E-state index contributed by atoms with van der Waals surface area (Å²) in [5.74, 6) is 0.271. The highest BCUT2D eigenvalue weighted by molar-refractivity contribution is 5.98. The van der Waals surface area contributed by atoms with Gasteiger partial charge in [-0.05, 0) is 55.7 Å². The first-order chi connectivity index (χ1) is 9.97. The molecule has 6 heteroatoms. The second-order valence-corrected chi connectivity index (χ2v) is 6.32. The van der Waals surface area contributed by atoms with E-state index in [-0.39, 0.29) is 30.3 Å². The molecule has 2 aliphatic carbocycles. The van der Waals surface area contributed by atoms with Crippen LogP contribution in [-0.4, -0.2) is 17.9 Å². The van der Waals surface area contributed by atoms with Crippen molar-refractivity contribution in [1.29, 1.82) is 0 Å². The van der Waals surface area contributed by atoms with E-state index in [1.54, 1.807) is 18.2 Å². The van der Waals surface area contributed by atoms with Gasteiger partial charge in [0.05, 0.1) is 5.92 Å². The van der Waals surface area contributed by atoms with Crippen molar-refractivity contribution in [3.63, 3.8) is 0 Å². The third-order valence-electron chi connectivity index (χ3n) is 5.05. The van der Waals surface area contributed by atoms with Crippen molar-refractivity contribution in [2.45, 2.75) is 32.2 Å². The number of aryl methyl sites for hydroxylation is 1. The van der Waals surface area contributed by atoms with Crippen molar-refractivity contribution in [3.8, 4) is 0 Å². The Bertz CT molecular complexity index is 603. The van der Waals surface area contributed by atoms with Crippen molar-refractivity contribution in [2.24, 2.45) is 29.2 Å². The average Bonchev–Trinajstić information content (AvgIpc) is 3.01. The van der Waals surface area contributed by atoms with Gasteiger partial charge in [0, 0.05) is 17.3 Å². The Hall–Kier alpha value is -1.59. The van der Waals surface area contributed by atoms with E-state index in [0.29, 0.717) is 23.1 Å². The number of rotatable bonds is 3. The average molecular weight is 324 g/mol. The summed E-state index contributed by atoms with van der Waals surface area (Å²) in [6.07, 6.45) is 3.31. The maximum Gasteiger partial charge on any atom is 0.249 e. The van der Waals surface area contributed by atoms with E-state index in [1.807, 2.05) is 6.92 Å². The standard InChI is InChI=1S/C16H21N3O2.ClH/c1-8-2-5-11(7-12(8)15(18)20)19-16(21)13-9-3-4-10(6-9)14(13)17;/h2,5,7,9-10,13-14H,3-4,6,17H2,1H3,(H2,18,20)(H,19,21);1H. The molecule has 4 unspecified atom stereocenters. The summed E-state index contributed by atoms with van der Waals surface area (Å²) in [6, 6.07) is 5.17. The second kappa shape index (κ2) is 6.26. The summed E-state index contributed by atoms with van der Waals surface area (Å²) in [6.45, 7) is 1.82.